The SMILES string of the molecule is CCOC(=O)c1cnc(Nc2cnn(C)c2)nc1NC1CCC(N2CCN(C(=O)C3CCC(C(=O)N4CC(CCN5CCN(c6ccc(NC7CCC(=O)NC7=O)cc6F)CC5)C4)CC3)CC2)CC1. The highest BCUT2D eigenvalue weighted by Crippen LogP contribution is 2.35. The van der Waals surface area contributed by atoms with Gasteiger partial charge in [0.05, 0.1) is 24.2 Å². The van der Waals surface area contributed by atoms with Crippen LogP contribution in [-0.2, 0) is 31.0 Å². The molecule has 19 nitrogen and oxygen atoms in total. The van der Waals surface area contributed by atoms with E-state index >= 15 is 4.39 Å². The predicted molar refractivity (Wildman–Crippen MR) is 257 cm³/mol. The monoisotopic (exact) mass is 954 g/mol. The Labute approximate surface area is 403 Å². The molecule has 4 saturated heterocycles. The molecule has 372 valence electrons. The normalized spacial score (nSPS) is 25.1. The fourth-order valence-corrected chi connectivity index (χ4v) is 11.1. The molecule has 4 amide bonds. The number of benzene rings is 1. The molecule has 6 fully saturated rings. The highest BCUT2D eigenvalue weighted by atomic mass is 19.1. The summed E-state index contributed by atoms with van der Waals surface area (Å²) in [5.41, 5.74) is 2.12. The maximum Gasteiger partial charge on any atom is 0.343 e. The second-order valence-electron chi connectivity index (χ2n) is 19.8. The highest BCUT2D eigenvalue weighted by molar-refractivity contribution is 6.01. The number of aryl methyl sites for hydroxylation is 1. The molecule has 0 bridgehead atoms. The first kappa shape index (κ1) is 48.1. The van der Waals surface area contributed by atoms with Crippen LogP contribution >= 0.6 is 0 Å². The number of carbonyl (C=O) groups excluding carboxylic acids is 5. The van der Waals surface area contributed by atoms with Crippen LogP contribution in [0.2, 0.25) is 0 Å². The minimum absolute atomic E-state index is 0.00358. The van der Waals surface area contributed by atoms with Gasteiger partial charge in [-0.2, -0.15) is 10.1 Å². The Morgan fingerprint density at radius 2 is 1.54 bits per heavy atom. The fourth-order valence-electron chi connectivity index (χ4n) is 11.1. The van der Waals surface area contributed by atoms with E-state index in [1.165, 1.54) is 12.3 Å². The van der Waals surface area contributed by atoms with Crippen LogP contribution in [-0.4, -0.2) is 166 Å². The molecule has 3 aromatic rings. The number of hydrogen-bond acceptors (Lipinski definition) is 15. The van der Waals surface area contributed by atoms with Gasteiger partial charge in [0.2, 0.25) is 29.6 Å². The summed E-state index contributed by atoms with van der Waals surface area (Å²) >= 11 is 0. The van der Waals surface area contributed by atoms with Crippen molar-refractivity contribution in [1.29, 1.82) is 0 Å². The smallest absolute Gasteiger partial charge is 0.343 e. The number of carbonyl (C=O) groups is 5. The van der Waals surface area contributed by atoms with Crippen LogP contribution in [0, 0.1) is 23.6 Å². The summed E-state index contributed by atoms with van der Waals surface area (Å²) in [6.07, 6.45) is 13.7. The van der Waals surface area contributed by atoms with E-state index in [9.17, 15) is 24.0 Å². The van der Waals surface area contributed by atoms with Gasteiger partial charge in [0.15, 0.2) is 0 Å². The Bertz CT molecular complexity index is 2310. The molecule has 1 unspecified atom stereocenters. The Kier molecular flexibility index (Phi) is 15.2. The van der Waals surface area contributed by atoms with Crippen LogP contribution < -0.4 is 26.2 Å². The van der Waals surface area contributed by atoms with Crippen LogP contribution in [0.15, 0.2) is 36.8 Å². The van der Waals surface area contributed by atoms with Gasteiger partial charge in [-0.05, 0) is 102 Å². The zero-order chi connectivity index (χ0) is 48.0. The average molecular weight is 954 g/mol. The average Bonchev–Trinajstić information content (AvgIpc) is 3.76. The van der Waals surface area contributed by atoms with Gasteiger partial charge in [-0.25, -0.2) is 14.2 Å². The standard InChI is InChI=1S/C49H68FN13O6/c1-3-69-48(68)39-28-51-49(55-37-27-52-58(2)31-37)57-44(39)54-35-8-11-38(12-9-35)60-22-24-62(25-23-60)46(66)33-4-6-34(7-5-33)47(67)63-29-32(30-63)16-17-59-18-20-61(21-19-59)42-14-10-36(26-40(42)50)53-41-13-15-43(64)56-45(41)65/h10,14,26-28,31-35,38,41,53H,3-9,11-13,15-25,29-30H2,1-2H3,(H,56,64,65)(H2,51,54,55,57). The van der Waals surface area contributed by atoms with Crippen LogP contribution in [0.25, 0.3) is 0 Å². The molecule has 9 rings (SSSR count). The summed E-state index contributed by atoms with van der Waals surface area (Å²) in [5, 5.41) is 16.2. The third-order valence-electron chi connectivity index (χ3n) is 15.2. The van der Waals surface area contributed by atoms with Gasteiger partial charge in [-0.1, -0.05) is 0 Å². The molecule has 0 radical (unpaired) electrons. The number of piperidine rings is 1. The largest absolute Gasteiger partial charge is 0.462 e. The number of aromatic nitrogens is 4. The molecular weight excluding hydrogens is 886 g/mol. The van der Waals surface area contributed by atoms with E-state index < -0.39 is 12.0 Å². The van der Waals surface area contributed by atoms with Gasteiger partial charge < -0.3 is 35.4 Å². The summed E-state index contributed by atoms with van der Waals surface area (Å²) in [7, 11) is 1.83. The molecule has 69 heavy (non-hydrogen) atoms. The number of esters is 1. The number of nitrogens with zero attached hydrogens (tertiary/aromatic N) is 9. The fraction of sp³-hybridized carbons (Fsp3) is 0.633. The molecule has 20 heteroatoms. The molecule has 4 N–H and O–H groups in total. The van der Waals surface area contributed by atoms with Crippen molar-refractivity contribution in [3.63, 3.8) is 0 Å². The lowest BCUT2D eigenvalue weighted by atomic mass is 9.79. The number of ether oxygens (including phenoxy) is 1. The van der Waals surface area contributed by atoms with Crippen molar-refractivity contribution >= 4 is 58.4 Å². The summed E-state index contributed by atoms with van der Waals surface area (Å²) in [4.78, 5) is 83.7. The van der Waals surface area contributed by atoms with Crippen molar-refractivity contribution in [3.8, 4) is 0 Å². The van der Waals surface area contributed by atoms with E-state index in [0.717, 1.165) is 135 Å². The Morgan fingerprint density at radius 3 is 2.19 bits per heavy atom. The van der Waals surface area contributed by atoms with Gasteiger partial charge in [-0.3, -0.25) is 39.0 Å². The van der Waals surface area contributed by atoms with E-state index in [1.54, 1.807) is 29.9 Å². The summed E-state index contributed by atoms with van der Waals surface area (Å²) < 4.78 is 22.2. The van der Waals surface area contributed by atoms with E-state index in [-0.39, 0.29) is 60.4 Å². The molecule has 6 aliphatic rings. The second kappa shape index (κ2) is 21.8. The van der Waals surface area contributed by atoms with Crippen LogP contribution in [0.1, 0.15) is 87.9 Å². The Morgan fingerprint density at radius 1 is 0.826 bits per heavy atom. The van der Waals surface area contributed by atoms with Gasteiger partial charge in [0, 0.05) is 121 Å². The van der Waals surface area contributed by atoms with E-state index in [2.05, 4.69) is 55.9 Å². The number of nitrogens with one attached hydrogen (secondary N) is 4. The number of halogens is 1. The molecule has 2 saturated carbocycles. The maximum atomic E-state index is 15.2. The van der Waals surface area contributed by atoms with Gasteiger partial charge in [0.25, 0.3) is 0 Å². The Balaban J connectivity index is 0.641. The Hall–Kier alpha value is -5.89. The van der Waals surface area contributed by atoms with Crippen LogP contribution in [0.5, 0.6) is 0 Å². The maximum absolute atomic E-state index is 15.2. The third kappa shape index (κ3) is 11.8. The zero-order valence-electron chi connectivity index (χ0n) is 40.0. The van der Waals surface area contributed by atoms with Gasteiger partial charge >= 0.3 is 5.97 Å². The van der Waals surface area contributed by atoms with E-state index in [1.807, 2.05) is 18.1 Å². The molecule has 4 aliphatic heterocycles. The third-order valence-corrected chi connectivity index (χ3v) is 15.2. The van der Waals surface area contributed by atoms with Crippen molar-refractivity contribution in [2.75, 3.05) is 99.4 Å². The first-order valence-electron chi connectivity index (χ1n) is 25.2. The number of amides is 4. The minimum Gasteiger partial charge on any atom is -0.462 e. The first-order chi connectivity index (χ1) is 33.5. The van der Waals surface area contributed by atoms with Gasteiger partial charge in [0.1, 0.15) is 23.2 Å². The minimum atomic E-state index is -0.558. The lowest BCUT2D eigenvalue weighted by Crippen LogP contribution is -2.55. The predicted octanol–water partition coefficient (Wildman–Crippen LogP) is 3.83. The number of likely N-dealkylation sites (tertiary alicyclic amines) is 1. The number of anilines is 5. The first-order valence-corrected chi connectivity index (χ1v) is 25.2. The topological polar surface area (TPSA) is 202 Å². The van der Waals surface area contributed by atoms with E-state index in [4.69, 9.17) is 4.74 Å². The number of imide groups is 1. The zero-order valence-corrected chi connectivity index (χ0v) is 40.0. The quantitative estimate of drug-likeness (QED) is 0.126. The summed E-state index contributed by atoms with van der Waals surface area (Å²) in [6, 6.07) is 5.00. The van der Waals surface area contributed by atoms with Crippen molar-refractivity contribution < 1.29 is 33.1 Å². The van der Waals surface area contributed by atoms with Crippen molar-refractivity contribution in [1.82, 2.24) is 44.7 Å². The molecule has 0 spiro atoms. The summed E-state index contributed by atoms with van der Waals surface area (Å²) in [5.74, 6) is 0.348. The molecular formula is C49H68FN13O6. The van der Waals surface area contributed by atoms with Crippen LogP contribution in [0.3, 0.4) is 0 Å². The molecule has 2 aliphatic carbocycles. The van der Waals surface area contributed by atoms with Crippen molar-refractivity contribution in [2.45, 2.75) is 95.7 Å². The number of rotatable bonds is 15. The molecule has 1 aromatic carbocycles. The lowest BCUT2D eigenvalue weighted by Gasteiger charge is -2.44. The van der Waals surface area contributed by atoms with Gasteiger partial charge in [-0.15, -0.1) is 0 Å². The molecule has 6 heterocycles. The lowest BCUT2D eigenvalue weighted by molar-refractivity contribution is -0.146. The molecule has 2 aromatic heterocycles. The molecule has 1 atom stereocenters. The van der Waals surface area contributed by atoms with Crippen molar-refractivity contribution in [3.05, 3.63) is 48.2 Å². The number of piperazine rings is 2. The highest BCUT2D eigenvalue weighted by Gasteiger charge is 2.39. The number of hydrogen-bond donors (Lipinski definition) is 4. The summed E-state index contributed by atoms with van der Waals surface area (Å²) in [6.45, 7) is 10.9. The van der Waals surface area contributed by atoms with Crippen molar-refractivity contribution in [2.24, 2.45) is 24.8 Å². The van der Waals surface area contributed by atoms with Crippen LogP contribution in [0.4, 0.5) is 33.2 Å². The second-order valence-corrected chi connectivity index (χ2v) is 19.8. The van der Waals surface area contributed by atoms with E-state index in [0.29, 0.717) is 47.1 Å².